The summed E-state index contributed by atoms with van der Waals surface area (Å²) >= 11 is 3.37. The van der Waals surface area contributed by atoms with Gasteiger partial charge in [-0.1, -0.05) is 0 Å². The van der Waals surface area contributed by atoms with Gasteiger partial charge in [0.25, 0.3) is 5.91 Å². The smallest absolute Gasteiger partial charge is 0.260 e. The molecule has 0 radical (unpaired) electrons. The summed E-state index contributed by atoms with van der Waals surface area (Å²) in [7, 11) is 2.06. The van der Waals surface area contributed by atoms with E-state index in [1.165, 1.54) is 0 Å². The van der Waals surface area contributed by atoms with Crippen LogP contribution in [-0.2, 0) is 4.79 Å². The number of ether oxygens (including phenoxy) is 1. The topological polar surface area (TPSA) is 58.8 Å². The van der Waals surface area contributed by atoms with Crippen LogP contribution in [0.4, 0.5) is 5.69 Å². The molecule has 1 fully saturated rings. The number of nitrogens with two attached hydrogens (primary N) is 1. The normalized spacial score (nSPS) is 16.4. The van der Waals surface area contributed by atoms with Crippen molar-refractivity contribution in [3.63, 3.8) is 0 Å². The molecule has 0 aromatic heterocycles. The van der Waals surface area contributed by atoms with Crippen LogP contribution in [0.25, 0.3) is 0 Å². The van der Waals surface area contributed by atoms with E-state index in [0.29, 0.717) is 11.4 Å². The summed E-state index contributed by atoms with van der Waals surface area (Å²) in [5.74, 6) is 0.616. The fraction of sp³-hybridized carbons (Fsp3) is 0.462. The quantitative estimate of drug-likeness (QED) is 0.847. The number of halogens is 1. The summed E-state index contributed by atoms with van der Waals surface area (Å²) in [6.45, 7) is 3.39. The van der Waals surface area contributed by atoms with Crippen LogP contribution in [0.1, 0.15) is 0 Å². The van der Waals surface area contributed by atoms with Gasteiger partial charge in [-0.25, -0.2) is 0 Å². The summed E-state index contributed by atoms with van der Waals surface area (Å²) in [6, 6.07) is 5.30. The van der Waals surface area contributed by atoms with Gasteiger partial charge in [0.05, 0.1) is 4.47 Å². The number of carbonyl (C=O) groups is 1. The number of rotatable bonds is 3. The number of hydrogen-bond donors (Lipinski definition) is 1. The van der Waals surface area contributed by atoms with Crippen molar-refractivity contribution in [3.8, 4) is 5.75 Å². The van der Waals surface area contributed by atoms with Crippen LogP contribution in [0.5, 0.6) is 5.75 Å². The van der Waals surface area contributed by atoms with E-state index in [-0.39, 0.29) is 12.5 Å². The minimum absolute atomic E-state index is 0.0161. The number of likely N-dealkylation sites (N-methyl/N-ethyl adjacent to an activating group) is 1. The molecule has 0 spiro atoms. The van der Waals surface area contributed by atoms with Crippen LogP contribution in [0.15, 0.2) is 22.7 Å². The molecule has 0 atom stereocenters. The lowest BCUT2D eigenvalue weighted by molar-refractivity contribution is -0.134. The molecule has 104 valence electrons. The summed E-state index contributed by atoms with van der Waals surface area (Å²) in [6.07, 6.45) is 0. The Morgan fingerprint density at radius 2 is 2.05 bits per heavy atom. The molecule has 1 amide bonds. The number of nitrogens with zero attached hydrogens (tertiary/aromatic N) is 2. The number of nitrogen functional groups attached to an aromatic ring is 1. The highest BCUT2D eigenvalue weighted by Crippen LogP contribution is 2.26. The number of amides is 1. The minimum atomic E-state index is 0.0161. The standard InChI is InChI=1S/C13H18BrN3O2/c1-16-4-6-17(7-5-16)13(18)9-19-12-8-10(15)2-3-11(12)14/h2-3,8H,4-7,9,15H2,1H3. The van der Waals surface area contributed by atoms with Crippen molar-refractivity contribution < 1.29 is 9.53 Å². The van der Waals surface area contributed by atoms with E-state index in [0.717, 1.165) is 30.7 Å². The Labute approximate surface area is 121 Å². The molecule has 1 aliphatic rings. The number of carbonyl (C=O) groups excluding carboxylic acids is 1. The van der Waals surface area contributed by atoms with E-state index in [4.69, 9.17) is 10.5 Å². The van der Waals surface area contributed by atoms with Gasteiger partial charge in [-0.2, -0.15) is 0 Å². The molecule has 1 heterocycles. The molecule has 1 aromatic carbocycles. The van der Waals surface area contributed by atoms with Crippen LogP contribution < -0.4 is 10.5 Å². The van der Waals surface area contributed by atoms with Crippen LogP contribution in [-0.4, -0.2) is 55.5 Å². The highest BCUT2D eigenvalue weighted by molar-refractivity contribution is 9.10. The second-order valence-electron chi connectivity index (χ2n) is 4.66. The average Bonchev–Trinajstić information content (AvgIpc) is 2.40. The molecule has 0 unspecified atom stereocenters. The van der Waals surface area contributed by atoms with Gasteiger partial charge in [-0.3, -0.25) is 4.79 Å². The van der Waals surface area contributed by atoms with Crippen molar-refractivity contribution in [2.75, 3.05) is 45.6 Å². The summed E-state index contributed by atoms with van der Waals surface area (Å²) < 4.78 is 6.33. The van der Waals surface area contributed by atoms with Gasteiger partial charge < -0.3 is 20.3 Å². The Kier molecular flexibility index (Phi) is 4.66. The highest BCUT2D eigenvalue weighted by atomic mass is 79.9. The first kappa shape index (κ1) is 14.1. The third kappa shape index (κ3) is 3.84. The van der Waals surface area contributed by atoms with E-state index in [1.54, 1.807) is 12.1 Å². The van der Waals surface area contributed by atoms with E-state index in [2.05, 4.69) is 27.9 Å². The predicted octanol–water partition coefficient (Wildman–Crippen LogP) is 1.18. The molecule has 5 nitrogen and oxygen atoms in total. The Balaban J connectivity index is 1.88. The number of anilines is 1. The maximum absolute atomic E-state index is 12.0. The lowest BCUT2D eigenvalue weighted by Gasteiger charge is -2.32. The second kappa shape index (κ2) is 6.25. The van der Waals surface area contributed by atoms with Gasteiger partial charge in [-0.05, 0) is 35.1 Å². The molecule has 0 bridgehead atoms. The van der Waals surface area contributed by atoms with Gasteiger partial charge in [0.2, 0.25) is 0 Å². The van der Waals surface area contributed by atoms with Crippen molar-refractivity contribution in [2.45, 2.75) is 0 Å². The van der Waals surface area contributed by atoms with Gasteiger partial charge in [0.15, 0.2) is 6.61 Å². The highest BCUT2D eigenvalue weighted by Gasteiger charge is 2.19. The first-order valence-electron chi connectivity index (χ1n) is 6.20. The summed E-state index contributed by atoms with van der Waals surface area (Å²) in [5.41, 5.74) is 6.31. The second-order valence-corrected chi connectivity index (χ2v) is 5.52. The number of hydrogen-bond acceptors (Lipinski definition) is 4. The number of benzene rings is 1. The number of piperazine rings is 1. The van der Waals surface area contributed by atoms with E-state index < -0.39 is 0 Å². The van der Waals surface area contributed by atoms with Gasteiger partial charge >= 0.3 is 0 Å². The van der Waals surface area contributed by atoms with E-state index >= 15 is 0 Å². The Bertz CT molecular complexity index is 459. The monoisotopic (exact) mass is 327 g/mol. The predicted molar refractivity (Wildman–Crippen MR) is 78.1 cm³/mol. The maximum atomic E-state index is 12.0. The van der Waals surface area contributed by atoms with Crippen molar-refractivity contribution in [2.24, 2.45) is 0 Å². The van der Waals surface area contributed by atoms with E-state index in [9.17, 15) is 4.79 Å². The Hall–Kier alpha value is -1.27. The molecule has 6 heteroatoms. The molecule has 2 N–H and O–H groups in total. The van der Waals surface area contributed by atoms with Crippen molar-refractivity contribution in [3.05, 3.63) is 22.7 Å². The Morgan fingerprint density at radius 1 is 1.37 bits per heavy atom. The van der Waals surface area contributed by atoms with Crippen molar-refractivity contribution in [1.82, 2.24) is 9.80 Å². The summed E-state index contributed by atoms with van der Waals surface area (Å²) in [5, 5.41) is 0. The molecule has 2 rings (SSSR count). The molecule has 1 saturated heterocycles. The molecule has 1 aliphatic heterocycles. The zero-order valence-corrected chi connectivity index (χ0v) is 12.5. The fourth-order valence-electron chi connectivity index (χ4n) is 1.92. The summed E-state index contributed by atoms with van der Waals surface area (Å²) in [4.78, 5) is 16.1. The first-order chi connectivity index (χ1) is 9.06. The van der Waals surface area contributed by atoms with Crippen LogP contribution in [0, 0.1) is 0 Å². The van der Waals surface area contributed by atoms with Gasteiger partial charge in [-0.15, -0.1) is 0 Å². The lowest BCUT2D eigenvalue weighted by atomic mass is 10.3. The van der Waals surface area contributed by atoms with Crippen molar-refractivity contribution >= 4 is 27.5 Å². The molecule has 1 aromatic rings. The van der Waals surface area contributed by atoms with Crippen LogP contribution in [0.3, 0.4) is 0 Å². The largest absolute Gasteiger partial charge is 0.483 e. The molecule has 0 aliphatic carbocycles. The zero-order valence-electron chi connectivity index (χ0n) is 10.9. The first-order valence-corrected chi connectivity index (χ1v) is 6.99. The molecule has 19 heavy (non-hydrogen) atoms. The van der Waals surface area contributed by atoms with Gasteiger partial charge in [0, 0.05) is 37.9 Å². The van der Waals surface area contributed by atoms with Crippen LogP contribution >= 0.6 is 15.9 Å². The fourth-order valence-corrected chi connectivity index (χ4v) is 2.28. The maximum Gasteiger partial charge on any atom is 0.260 e. The van der Waals surface area contributed by atoms with E-state index in [1.807, 2.05) is 11.0 Å². The Morgan fingerprint density at radius 3 is 2.74 bits per heavy atom. The average molecular weight is 328 g/mol. The molecular weight excluding hydrogens is 310 g/mol. The van der Waals surface area contributed by atoms with Crippen molar-refractivity contribution in [1.29, 1.82) is 0 Å². The zero-order chi connectivity index (χ0) is 13.8. The third-order valence-corrected chi connectivity index (χ3v) is 3.82. The lowest BCUT2D eigenvalue weighted by Crippen LogP contribution is -2.48. The minimum Gasteiger partial charge on any atom is -0.483 e. The molecule has 0 saturated carbocycles. The van der Waals surface area contributed by atoms with Crippen LogP contribution in [0.2, 0.25) is 0 Å². The van der Waals surface area contributed by atoms with Gasteiger partial charge in [0.1, 0.15) is 5.75 Å². The third-order valence-electron chi connectivity index (χ3n) is 3.16. The molecular formula is C13H18BrN3O2. The SMILES string of the molecule is CN1CCN(C(=O)COc2cc(N)ccc2Br)CC1.